The summed E-state index contributed by atoms with van der Waals surface area (Å²) in [7, 11) is 0. The van der Waals surface area contributed by atoms with Crippen molar-refractivity contribution in [1.29, 1.82) is 0 Å². The minimum absolute atomic E-state index is 0.231. The Morgan fingerprint density at radius 1 is 1.23 bits per heavy atom. The Morgan fingerprint density at radius 2 is 2.00 bits per heavy atom. The van der Waals surface area contributed by atoms with E-state index in [0.29, 0.717) is 17.6 Å². The molecule has 1 aliphatic carbocycles. The third-order valence-electron chi connectivity index (χ3n) is 4.52. The Morgan fingerprint density at radius 3 is 2.77 bits per heavy atom. The summed E-state index contributed by atoms with van der Waals surface area (Å²) in [5.74, 6) is 0.0772. The van der Waals surface area contributed by atoms with Crippen LogP contribution in [-0.4, -0.2) is 29.6 Å². The van der Waals surface area contributed by atoms with Crippen LogP contribution in [0.3, 0.4) is 0 Å². The monoisotopic (exact) mass is 463 g/mol. The van der Waals surface area contributed by atoms with Gasteiger partial charge in [-0.25, -0.2) is 4.98 Å². The number of nitrogens with zero attached hydrogens (tertiary/aromatic N) is 4. The number of alkyl halides is 1. The van der Waals surface area contributed by atoms with Gasteiger partial charge in [-0.05, 0) is 37.8 Å². The number of hydrogen-bond donors (Lipinski definition) is 1. The second-order valence-electron chi connectivity index (χ2n) is 6.34. The maximum Gasteiger partial charge on any atom is 0.277 e. The van der Waals surface area contributed by atoms with E-state index >= 15 is 0 Å². The smallest absolute Gasteiger partial charge is 0.277 e. The van der Waals surface area contributed by atoms with Crippen LogP contribution in [0, 0.1) is 0 Å². The van der Waals surface area contributed by atoms with Gasteiger partial charge in [0, 0.05) is 28.1 Å². The zero-order valence-electron chi connectivity index (χ0n) is 14.0. The van der Waals surface area contributed by atoms with Crippen molar-refractivity contribution in [3.63, 3.8) is 0 Å². The van der Waals surface area contributed by atoms with Crippen LogP contribution in [0.1, 0.15) is 42.2 Å². The molecule has 3 aromatic rings. The molecule has 1 aliphatic rings. The maximum absolute atomic E-state index is 12.4. The highest BCUT2D eigenvalue weighted by atomic mass is 127. The Labute approximate surface area is 164 Å². The summed E-state index contributed by atoms with van der Waals surface area (Å²) >= 11 is 2.51. The second kappa shape index (κ2) is 7.56. The molecule has 1 fully saturated rings. The molecule has 3 heterocycles. The second-order valence-corrected chi connectivity index (χ2v) is 8.10. The van der Waals surface area contributed by atoms with Crippen molar-refractivity contribution >= 4 is 34.2 Å². The summed E-state index contributed by atoms with van der Waals surface area (Å²) in [4.78, 5) is 20.6. The molecule has 1 saturated carbocycles. The van der Waals surface area contributed by atoms with E-state index in [2.05, 4.69) is 43.0 Å². The first-order valence-corrected chi connectivity index (χ1v) is 9.79. The molecular formula is C18H18IN5O2. The first kappa shape index (κ1) is 17.2. The summed E-state index contributed by atoms with van der Waals surface area (Å²) in [5, 5.41) is 7.25. The number of halogens is 1. The predicted octanol–water partition coefficient (Wildman–Crippen LogP) is 4.10. The van der Waals surface area contributed by atoms with E-state index in [1.54, 1.807) is 30.7 Å². The van der Waals surface area contributed by atoms with Crippen molar-refractivity contribution in [1.82, 2.24) is 19.7 Å². The number of oxazole rings is 1. The van der Waals surface area contributed by atoms with Gasteiger partial charge in [0.05, 0.1) is 17.9 Å². The molecule has 1 N–H and O–H groups in total. The van der Waals surface area contributed by atoms with Gasteiger partial charge in [0.1, 0.15) is 6.26 Å². The Bertz CT molecular complexity index is 884. The van der Waals surface area contributed by atoms with Crippen molar-refractivity contribution in [3.8, 4) is 11.5 Å². The van der Waals surface area contributed by atoms with E-state index < -0.39 is 0 Å². The number of carbonyl (C=O) groups excluding carboxylic acids is 1. The maximum atomic E-state index is 12.4. The van der Waals surface area contributed by atoms with E-state index in [0.717, 1.165) is 22.3 Å². The quantitative estimate of drug-likeness (QED) is 0.465. The fraction of sp³-hybridized carbons (Fsp3) is 0.333. The zero-order chi connectivity index (χ0) is 17.9. The van der Waals surface area contributed by atoms with Gasteiger partial charge in [0.15, 0.2) is 5.69 Å². The average molecular weight is 463 g/mol. The molecule has 0 bridgehead atoms. The van der Waals surface area contributed by atoms with Crippen molar-refractivity contribution in [2.75, 3.05) is 5.32 Å². The molecule has 3 aromatic heterocycles. The molecule has 0 radical (unpaired) electrons. The highest BCUT2D eigenvalue weighted by Crippen LogP contribution is 2.32. The van der Waals surface area contributed by atoms with Gasteiger partial charge >= 0.3 is 0 Å². The largest absolute Gasteiger partial charge is 0.444 e. The Hall–Kier alpha value is -2.23. The van der Waals surface area contributed by atoms with E-state index in [9.17, 15) is 4.79 Å². The first-order chi connectivity index (χ1) is 12.7. The topological polar surface area (TPSA) is 85.8 Å². The number of aromatic nitrogens is 4. The van der Waals surface area contributed by atoms with Gasteiger partial charge in [0.2, 0.25) is 5.89 Å². The van der Waals surface area contributed by atoms with Crippen LogP contribution in [0.2, 0.25) is 0 Å². The molecule has 0 atom stereocenters. The molecule has 0 unspecified atom stereocenters. The highest BCUT2D eigenvalue weighted by Gasteiger charge is 2.21. The number of pyridine rings is 1. The standard InChI is InChI=1S/C18H18IN5O2/c19-13-1-3-15(4-2-13)24-10-14(9-21-24)22-17(25)16-11-26-18(23-16)12-5-7-20-8-6-12/h5-11,13,15H,1-4H2,(H,22,25). The summed E-state index contributed by atoms with van der Waals surface area (Å²) in [5.41, 5.74) is 1.67. The third-order valence-corrected chi connectivity index (χ3v) is 5.77. The molecular weight excluding hydrogens is 445 g/mol. The van der Waals surface area contributed by atoms with Crippen molar-refractivity contribution < 1.29 is 9.21 Å². The summed E-state index contributed by atoms with van der Waals surface area (Å²) in [6.45, 7) is 0. The number of hydrogen-bond acceptors (Lipinski definition) is 5. The minimum atomic E-state index is -0.315. The molecule has 0 aliphatic heterocycles. The molecule has 7 nitrogen and oxygen atoms in total. The van der Waals surface area contributed by atoms with Gasteiger partial charge in [-0.1, -0.05) is 22.6 Å². The molecule has 0 saturated heterocycles. The zero-order valence-corrected chi connectivity index (χ0v) is 16.2. The molecule has 26 heavy (non-hydrogen) atoms. The summed E-state index contributed by atoms with van der Waals surface area (Å²) < 4.78 is 8.12. The Kier molecular flexibility index (Phi) is 5.00. The van der Waals surface area contributed by atoms with E-state index in [1.807, 2.05) is 10.9 Å². The van der Waals surface area contributed by atoms with Crippen LogP contribution in [0.5, 0.6) is 0 Å². The lowest BCUT2D eigenvalue weighted by atomic mass is 9.96. The van der Waals surface area contributed by atoms with Gasteiger partial charge in [-0.15, -0.1) is 0 Å². The molecule has 8 heteroatoms. The molecule has 134 valence electrons. The van der Waals surface area contributed by atoms with E-state index in [1.165, 1.54) is 19.1 Å². The van der Waals surface area contributed by atoms with Crippen LogP contribution in [-0.2, 0) is 0 Å². The van der Waals surface area contributed by atoms with Crippen LogP contribution in [0.15, 0.2) is 47.6 Å². The molecule has 1 amide bonds. The lowest BCUT2D eigenvalue weighted by molar-refractivity contribution is 0.102. The van der Waals surface area contributed by atoms with Crippen LogP contribution in [0.4, 0.5) is 5.69 Å². The fourth-order valence-electron chi connectivity index (χ4n) is 3.10. The van der Waals surface area contributed by atoms with Crippen LogP contribution in [0.25, 0.3) is 11.5 Å². The van der Waals surface area contributed by atoms with Crippen molar-refractivity contribution in [3.05, 3.63) is 48.9 Å². The van der Waals surface area contributed by atoms with Crippen LogP contribution < -0.4 is 5.32 Å². The summed E-state index contributed by atoms with van der Waals surface area (Å²) in [6, 6.07) is 3.97. The molecule has 0 spiro atoms. The first-order valence-electron chi connectivity index (χ1n) is 8.54. The van der Waals surface area contributed by atoms with E-state index in [4.69, 9.17) is 4.42 Å². The fourth-order valence-corrected chi connectivity index (χ4v) is 3.82. The van der Waals surface area contributed by atoms with E-state index in [-0.39, 0.29) is 11.6 Å². The van der Waals surface area contributed by atoms with Crippen LogP contribution >= 0.6 is 22.6 Å². The molecule has 4 rings (SSSR count). The number of rotatable bonds is 4. The number of carbonyl (C=O) groups is 1. The van der Waals surface area contributed by atoms with Gasteiger partial charge in [0.25, 0.3) is 5.91 Å². The summed E-state index contributed by atoms with van der Waals surface area (Å²) in [6.07, 6.45) is 12.9. The lowest BCUT2D eigenvalue weighted by Crippen LogP contribution is -2.18. The normalized spacial score (nSPS) is 20.0. The average Bonchev–Trinajstić information content (AvgIpc) is 3.33. The third kappa shape index (κ3) is 3.79. The minimum Gasteiger partial charge on any atom is -0.444 e. The predicted molar refractivity (Wildman–Crippen MR) is 105 cm³/mol. The van der Waals surface area contributed by atoms with Crippen molar-refractivity contribution in [2.24, 2.45) is 0 Å². The van der Waals surface area contributed by atoms with Gasteiger partial charge in [-0.3, -0.25) is 14.5 Å². The van der Waals surface area contributed by atoms with Gasteiger partial charge in [-0.2, -0.15) is 5.10 Å². The highest BCUT2D eigenvalue weighted by molar-refractivity contribution is 14.1. The van der Waals surface area contributed by atoms with Gasteiger partial charge < -0.3 is 9.73 Å². The SMILES string of the molecule is O=C(Nc1cnn(C2CCC(I)CC2)c1)c1coc(-c2ccncc2)n1. The molecule has 0 aromatic carbocycles. The number of nitrogens with one attached hydrogen (secondary N) is 1. The number of amides is 1. The van der Waals surface area contributed by atoms with Crippen molar-refractivity contribution in [2.45, 2.75) is 35.6 Å². The Balaban J connectivity index is 1.42. The number of anilines is 1. The lowest BCUT2D eigenvalue weighted by Gasteiger charge is -2.25.